The van der Waals surface area contributed by atoms with Gasteiger partial charge in [-0.3, -0.25) is 0 Å². The highest BCUT2D eigenvalue weighted by atomic mass is 35.5. The molecule has 1 rings (SSSR count). The number of aliphatic hydroxyl groups excluding tert-OH is 1. The molecule has 0 aliphatic rings. The first-order chi connectivity index (χ1) is 4.41. The minimum absolute atomic E-state index is 0.278. The lowest BCUT2D eigenvalue weighted by molar-refractivity contribution is 0.370. The Morgan fingerprint density at radius 1 is 0.889 bits per heavy atom. The highest BCUT2D eigenvalue weighted by Gasteiger charge is 1.57. The van der Waals surface area contributed by atoms with Crippen LogP contribution < -0.4 is 0 Å². The van der Waals surface area contributed by atoms with Gasteiger partial charge in [0.05, 0.1) is 0 Å². The molecule has 1 aromatic carbocycles. The first-order valence-corrected chi connectivity index (χ1v) is 3.12. The van der Waals surface area contributed by atoms with E-state index in [4.69, 9.17) is 5.11 Å². The minimum atomic E-state index is -0.278. The van der Waals surface area contributed by atoms with Gasteiger partial charge in [-0.2, -0.15) is 0 Å². The maximum absolute atomic E-state index is 7.33. The zero-order valence-corrected chi connectivity index (χ0v) is 5.75. The molecule has 0 spiro atoms. The molecule has 0 bridgehead atoms. The van der Waals surface area contributed by atoms with Gasteiger partial charge >= 0.3 is 0 Å². The molecule has 0 amide bonds. The molecule has 2 heteroatoms. The molecular formula is C7H9ClO. The third-order valence-corrected chi connectivity index (χ3v) is 0.667. The Hall–Kier alpha value is -0.530. The van der Waals surface area contributed by atoms with Crippen LogP contribution in [-0.4, -0.2) is 11.2 Å². The van der Waals surface area contributed by atoms with Crippen molar-refractivity contribution in [3.05, 3.63) is 36.4 Å². The number of hydrogen-bond acceptors (Lipinski definition) is 1. The van der Waals surface area contributed by atoms with Crippen molar-refractivity contribution in [1.29, 1.82) is 0 Å². The topological polar surface area (TPSA) is 20.2 Å². The quantitative estimate of drug-likeness (QED) is 0.551. The van der Waals surface area contributed by atoms with Crippen LogP contribution in [-0.2, 0) is 0 Å². The minimum Gasteiger partial charge on any atom is -0.381 e. The van der Waals surface area contributed by atoms with Gasteiger partial charge in [0.2, 0.25) is 0 Å². The fraction of sp³-hybridized carbons (Fsp3) is 0.143. The van der Waals surface area contributed by atoms with Crippen LogP contribution in [0.5, 0.6) is 0 Å². The zero-order chi connectivity index (χ0) is 6.95. The van der Waals surface area contributed by atoms with Gasteiger partial charge in [0.1, 0.15) is 6.07 Å². The van der Waals surface area contributed by atoms with E-state index >= 15 is 0 Å². The summed E-state index contributed by atoms with van der Waals surface area (Å²) in [4.78, 5) is 0. The standard InChI is InChI=1S/C6H6.CH3ClO/c1-2-4-6-5-3-1;2-1-3/h1-6H;3H,1H2. The van der Waals surface area contributed by atoms with Crippen LogP contribution in [0.3, 0.4) is 0 Å². The Labute approximate surface area is 59.9 Å². The molecule has 0 heterocycles. The first kappa shape index (κ1) is 8.47. The van der Waals surface area contributed by atoms with Gasteiger partial charge in [-0.25, -0.2) is 0 Å². The summed E-state index contributed by atoms with van der Waals surface area (Å²) in [7, 11) is 0. The van der Waals surface area contributed by atoms with Crippen molar-refractivity contribution in [2.45, 2.75) is 0 Å². The summed E-state index contributed by atoms with van der Waals surface area (Å²) in [6, 6.07) is 11.7. The highest BCUT2D eigenvalue weighted by molar-refractivity contribution is 6.16. The van der Waals surface area contributed by atoms with E-state index in [9.17, 15) is 0 Å². The van der Waals surface area contributed by atoms with Crippen molar-refractivity contribution < 1.29 is 5.11 Å². The maximum atomic E-state index is 7.33. The van der Waals surface area contributed by atoms with E-state index in [1.54, 1.807) is 0 Å². The molecule has 1 N–H and O–H groups in total. The summed E-state index contributed by atoms with van der Waals surface area (Å²) in [5.74, 6) is 0. The lowest BCUT2D eigenvalue weighted by Crippen LogP contribution is -1.49. The van der Waals surface area contributed by atoms with Gasteiger partial charge in [-0.05, 0) is 0 Å². The number of halogens is 1. The Morgan fingerprint density at radius 3 is 1.11 bits per heavy atom. The molecule has 0 unspecified atom stereocenters. The molecular weight excluding hydrogens is 136 g/mol. The summed E-state index contributed by atoms with van der Waals surface area (Å²) >= 11 is 4.55. The smallest absolute Gasteiger partial charge is 0.117 e. The second-order valence-corrected chi connectivity index (χ2v) is 1.51. The van der Waals surface area contributed by atoms with E-state index in [0.29, 0.717) is 0 Å². The Bertz CT molecular complexity index is 91.8. The Morgan fingerprint density at radius 2 is 1.00 bits per heavy atom. The van der Waals surface area contributed by atoms with Crippen LogP contribution in [0.25, 0.3) is 0 Å². The van der Waals surface area contributed by atoms with E-state index in [0.717, 1.165) is 0 Å². The molecule has 1 aromatic rings. The molecule has 50 valence electrons. The van der Waals surface area contributed by atoms with Crippen molar-refractivity contribution in [1.82, 2.24) is 0 Å². The lowest BCUT2D eigenvalue weighted by atomic mass is 10.4. The first-order valence-electron chi connectivity index (χ1n) is 2.58. The van der Waals surface area contributed by atoms with E-state index in [-0.39, 0.29) is 6.07 Å². The van der Waals surface area contributed by atoms with Gasteiger partial charge in [-0.15, -0.1) is 0 Å². The van der Waals surface area contributed by atoms with Gasteiger partial charge in [0.15, 0.2) is 0 Å². The molecule has 9 heavy (non-hydrogen) atoms. The Kier molecular flexibility index (Phi) is 7.03. The van der Waals surface area contributed by atoms with Crippen molar-refractivity contribution in [3.8, 4) is 0 Å². The fourth-order valence-corrected chi connectivity index (χ4v) is 0.385. The van der Waals surface area contributed by atoms with E-state index in [2.05, 4.69) is 11.6 Å². The van der Waals surface area contributed by atoms with Gasteiger partial charge in [0.25, 0.3) is 0 Å². The zero-order valence-electron chi connectivity index (χ0n) is 5.00. The summed E-state index contributed by atoms with van der Waals surface area (Å²) in [5, 5.41) is 7.33. The molecule has 0 aliphatic heterocycles. The largest absolute Gasteiger partial charge is 0.381 e. The second-order valence-electron chi connectivity index (χ2n) is 1.27. The summed E-state index contributed by atoms with van der Waals surface area (Å²) in [6.07, 6.45) is 0. The van der Waals surface area contributed by atoms with Crippen LogP contribution in [0.4, 0.5) is 0 Å². The van der Waals surface area contributed by atoms with Crippen molar-refractivity contribution >= 4 is 11.6 Å². The summed E-state index contributed by atoms with van der Waals surface area (Å²) in [6.45, 7) is 0. The van der Waals surface area contributed by atoms with Gasteiger partial charge < -0.3 is 5.11 Å². The predicted octanol–water partition coefficient (Wildman–Crippen LogP) is 1.86. The molecule has 0 radical (unpaired) electrons. The highest BCUT2D eigenvalue weighted by Crippen LogP contribution is 1.79. The SMILES string of the molecule is OCCl.c1ccccc1. The number of benzene rings is 1. The lowest BCUT2D eigenvalue weighted by Gasteiger charge is -1.69. The maximum Gasteiger partial charge on any atom is 0.117 e. The molecule has 0 aliphatic carbocycles. The van der Waals surface area contributed by atoms with Crippen LogP contribution in [0, 0.1) is 0 Å². The molecule has 0 aromatic heterocycles. The average molecular weight is 145 g/mol. The monoisotopic (exact) mass is 144 g/mol. The predicted molar refractivity (Wildman–Crippen MR) is 39.4 cm³/mol. The van der Waals surface area contributed by atoms with Crippen molar-refractivity contribution in [2.75, 3.05) is 6.07 Å². The fourth-order valence-electron chi connectivity index (χ4n) is 0.385. The molecule has 0 saturated carbocycles. The third-order valence-electron chi connectivity index (χ3n) is 0.667. The Balaban J connectivity index is 0.000000187. The molecule has 1 nitrogen and oxygen atoms in total. The van der Waals surface area contributed by atoms with Crippen LogP contribution in [0.2, 0.25) is 0 Å². The van der Waals surface area contributed by atoms with E-state index < -0.39 is 0 Å². The van der Waals surface area contributed by atoms with E-state index in [1.807, 2.05) is 36.4 Å². The molecule has 0 atom stereocenters. The van der Waals surface area contributed by atoms with Crippen LogP contribution in [0.15, 0.2) is 36.4 Å². The van der Waals surface area contributed by atoms with Crippen molar-refractivity contribution in [3.63, 3.8) is 0 Å². The number of hydrogen-bond donors (Lipinski definition) is 1. The van der Waals surface area contributed by atoms with Gasteiger partial charge in [0, 0.05) is 0 Å². The normalized spacial score (nSPS) is 7.33. The van der Waals surface area contributed by atoms with Crippen LogP contribution >= 0.6 is 11.6 Å². The van der Waals surface area contributed by atoms with Crippen molar-refractivity contribution in [2.24, 2.45) is 0 Å². The second kappa shape index (κ2) is 7.47. The number of aliphatic hydroxyl groups is 1. The summed E-state index contributed by atoms with van der Waals surface area (Å²) in [5.41, 5.74) is 0. The third kappa shape index (κ3) is 7.47. The number of alkyl halides is 1. The molecule has 0 fully saturated rings. The van der Waals surface area contributed by atoms with Crippen LogP contribution in [0.1, 0.15) is 0 Å². The van der Waals surface area contributed by atoms with E-state index in [1.165, 1.54) is 0 Å². The number of rotatable bonds is 0. The average Bonchev–Trinajstić information content (AvgIpc) is 1.93. The van der Waals surface area contributed by atoms with Gasteiger partial charge in [-0.1, -0.05) is 48.0 Å². The summed E-state index contributed by atoms with van der Waals surface area (Å²) < 4.78 is 0. The molecule has 0 saturated heterocycles.